The summed E-state index contributed by atoms with van der Waals surface area (Å²) >= 11 is 5.89. The molecule has 0 bridgehead atoms. The van der Waals surface area contributed by atoms with Gasteiger partial charge in [0.1, 0.15) is 0 Å². The van der Waals surface area contributed by atoms with Crippen molar-refractivity contribution in [1.29, 1.82) is 0 Å². The number of hydrogen-bond acceptors (Lipinski definition) is 3. The zero-order valence-electron chi connectivity index (χ0n) is 17.0. The van der Waals surface area contributed by atoms with Crippen LogP contribution in [0.15, 0.2) is 29.3 Å². The Hall–Kier alpha value is -0.570. The Balaban J connectivity index is 0.00000676. The number of nitrogens with zero attached hydrogens (tertiary/aromatic N) is 2. The van der Waals surface area contributed by atoms with Gasteiger partial charge in [0.2, 0.25) is 0 Å². The van der Waals surface area contributed by atoms with E-state index in [9.17, 15) is 5.11 Å². The van der Waals surface area contributed by atoms with Crippen molar-refractivity contribution in [2.45, 2.75) is 52.7 Å². The highest BCUT2D eigenvalue weighted by molar-refractivity contribution is 14.0. The molecular weight excluding hydrogens is 475 g/mol. The molecular formula is C20H36ClIN4O. The second-order valence-corrected chi connectivity index (χ2v) is 6.94. The van der Waals surface area contributed by atoms with Gasteiger partial charge in [-0.05, 0) is 64.0 Å². The van der Waals surface area contributed by atoms with E-state index in [1.165, 1.54) is 0 Å². The summed E-state index contributed by atoms with van der Waals surface area (Å²) in [4.78, 5) is 6.97. The molecule has 0 aliphatic rings. The van der Waals surface area contributed by atoms with Crippen molar-refractivity contribution < 1.29 is 5.11 Å². The fourth-order valence-corrected chi connectivity index (χ4v) is 2.88. The molecule has 0 radical (unpaired) electrons. The summed E-state index contributed by atoms with van der Waals surface area (Å²) in [6, 6.07) is 7.56. The zero-order valence-corrected chi connectivity index (χ0v) is 20.1. The second-order valence-electron chi connectivity index (χ2n) is 6.50. The molecule has 0 fully saturated rings. The maximum absolute atomic E-state index is 10.3. The number of halogens is 2. The lowest BCUT2D eigenvalue weighted by molar-refractivity contribution is 0.187. The van der Waals surface area contributed by atoms with Gasteiger partial charge in [0.15, 0.2) is 5.96 Å². The third-order valence-electron chi connectivity index (χ3n) is 4.41. The lowest BCUT2D eigenvalue weighted by Crippen LogP contribution is -2.42. The number of nitrogens with one attached hydrogen (secondary N) is 2. The largest absolute Gasteiger partial charge is 0.386 e. The number of aliphatic imine (C=N–C) groups is 1. The van der Waals surface area contributed by atoms with Crippen LogP contribution in [0.1, 0.15) is 52.2 Å². The first-order valence-corrected chi connectivity index (χ1v) is 10.1. The molecule has 2 unspecified atom stereocenters. The fraction of sp³-hybridized carbons (Fsp3) is 0.650. The SMILES string of the molecule is CCNC(=NCC(O)c1ccc(Cl)cc1)NC(C)CCCN(CC)CC.I. The molecule has 0 saturated carbocycles. The van der Waals surface area contributed by atoms with Gasteiger partial charge in [-0.1, -0.05) is 37.6 Å². The Bertz CT molecular complexity index is 523. The Labute approximate surface area is 187 Å². The van der Waals surface area contributed by atoms with Crippen LogP contribution in [0.3, 0.4) is 0 Å². The highest BCUT2D eigenvalue weighted by Gasteiger charge is 2.09. The van der Waals surface area contributed by atoms with Crippen LogP contribution in [0.5, 0.6) is 0 Å². The van der Waals surface area contributed by atoms with Crippen molar-refractivity contribution in [3.63, 3.8) is 0 Å². The minimum Gasteiger partial charge on any atom is -0.386 e. The number of aliphatic hydroxyl groups excluding tert-OH is 1. The molecule has 0 aliphatic carbocycles. The van der Waals surface area contributed by atoms with Gasteiger partial charge in [0, 0.05) is 17.6 Å². The Morgan fingerprint density at radius 1 is 1.19 bits per heavy atom. The smallest absolute Gasteiger partial charge is 0.191 e. The standard InChI is InChI=1S/C20H35ClN4O.HI/c1-5-22-20(24-16(4)9-8-14-25(6-2)7-3)23-15-19(26)17-10-12-18(21)13-11-17;/h10-13,16,19,26H,5-9,14-15H2,1-4H3,(H2,22,23,24);1H. The molecule has 3 N–H and O–H groups in total. The summed E-state index contributed by atoms with van der Waals surface area (Å²) in [5.41, 5.74) is 0.821. The van der Waals surface area contributed by atoms with Gasteiger partial charge >= 0.3 is 0 Å². The van der Waals surface area contributed by atoms with Crippen molar-refractivity contribution in [3.8, 4) is 0 Å². The van der Waals surface area contributed by atoms with Crippen molar-refractivity contribution >= 4 is 41.5 Å². The summed E-state index contributed by atoms with van der Waals surface area (Å²) in [5.74, 6) is 0.746. The summed E-state index contributed by atoms with van der Waals surface area (Å²) in [6.45, 7) is 13.0. The number of benzene rings is 1. The summed E-state index contributed by atoms with van der Waals surface area (Å²) in [7, 11) is 0. The van der Waals surface area contributed by atoms with Crippen LogP contribution < -0.4 is 10.6 Å². The average Bonchev–Trinajstić information content (AvgIpc) is 2.64. The summed E-state index contributed by atoms with van der Waals surface area (Å²) in [5, 5.41) is 17.7. The molecule has 0 amide bonds. The van der Waals surface area contributed by atoms with E-state index in [4.69, 9.17) is 11.6 Å². The molecule has 0 heterocycles. The molecule has 7 heteroatoms. The normalized spacial score (nSPS) is 13.8. The van der Waals surface area contributed by atoms with E-state index < -0.39 is 6.10 Å². The second kappa shape index (κ2) is 15.4. The highest BCUT2D eigenvalue weighted by Crippen LogP contribution is 2.16. The van der Waals surface area contributed by atoms with Crippen molar-refractivity contribution in [2.75, 3.05) is 32.7 Å². The molecule has 5 nitrogen and oxygen atoms in total. The first kappa shape index (κ1) is 26.4. The van der Waals surface area contributed by atoms with Gasteiger partial charge in [-0.25, -0.2) is 0 Å². The van der Waals surface area contributed by atoms with E-state index in [1.807, 2.05) is 19.1 Å². The average molecular weight is 511 g/mol. The quantitative estimate of drug-likeness (QED) is 0.239. The number of guanidine groups is 1. The monoisotopic (exact) mass is 510 g/mol. The molecule has 0 spiro atoms. The van der Waals surface area contributed by atoms with Gasteiger partial charge in [0.25, 0.3) is 0 Å². The van der Waals surface area contributed by atoms with Gasteiger partial charge in [-0.15, -0.1) is 24.0 Å². The van der Waals surface area contributed by atoms with Crippen LogP contribution >= 0.6 is 35.6 Å². The van der Waals surface area contributed by atoms with Gasteiger partial charge in [-0.2, -0.15) is 0 Å². The summed E-state index contributed by atoms with van der Waals surface area (Å²) in [6.07, 6.45) is 1.60. The van der Waals surface area contributed by atoms with E-state index in [0.717, 1.165) is 50.5 Å². The first-order valence-electron chi connectivity index (χ1n) is 9.70. The molecule has 1 rings (SSSR count). The van der Waals surface area contributed by atoms with Crippen LogP contribution in [-0.2, 0) is 0 Å². The molecule has 27 heavy (non-hydrogen) atoms. The third kappa shape index (κ3) is 11.1. The third-order valence-corrected chi connectivity index (χ3v) is 4.66. The predicted octanol–water partition coefficient (Wildman–Crippen LogP) is 4.06. The van der Waals surface area contributed by atoms with E-state index in [2.05, 4.69) is 41.3 Å². The highest BCUT2D eigenvalue weighted by atomic mass is 127. The van der Waals surface area contributed by atoms with Crippen molar-refractivity contribution in [3.05, 3.63) is 34.9 Å². The number of hydrogen-bond donors (Lipinski definition) is 3. The van der Waals surface area contributed by atoms with Crippen LogP contribution in [0.4, 0.5) is 0 Å². The maximum atomic E-state index is 10.3. The number of rotatable bonds is 11. The maximum Gasteiger partial charge on any atom is 0.191 e. The molecule has 1 aromatic rings. The van der Waals surface area contributed by atoms with E-state index in [1.54, 1.807) is 12.1 Å². The first-order chi connectivity index (χ1) is 12.5. The molecule has 0 aliphatic heterocycles. The Kier molecular flexibility index (Phi) is 15.0. The van der Waals surface area contributed by atoms with Crippen LogP contribution in [0.2, 0.25) is 5.02 Å². The minimum atomic E-state index is -0.638. The Morgan fingerprint density at radius 3 is 2.37 bits per heavy atom. The molecule has 2 atom stereocenters. The van der Waals surface area contributed by atoms with Crippen LogP contribution in [0, 0.1) is 0 Å². The summed E-state index contributed by atoms with van der Waals surface area (Å²) < 4.78 is 0. The van der Waals surface area contributed by atoms with E-state index >= 15 is 0 Å². The zero-order chi connectivity index (χ0) is 19.4. The molecule has 156 valence electrons. The Morgan fingerprint density at radius 2 is 1.81 bits per heavy atom. The topological polar surface area (TPSA) is 59.9 Å². The number of aliphatic hydroxyl groups is 1. The van der Waals surface area contributed by atoms with Gasteiger partial charge in [0.05, 0.1) is 12.6 Å². The minimum absolute atomic E-state index is 0. The van der Waals surface area contributed by atoms with Gasteiger partial charge in [-0.3, -0.25) is 4.99 Å². The van der Waals surface area contributed by atoms with E-state index in [-0.39, 0.29) is 24.0 Å². The lowest BCUT2D eigenvalue weighted by Gasteiger charge is -2.21. The fourth-order valence-electron chi connectivity index (χ4n) is 2.75. The van der Waals surface area contributed by atoms with Gasteiger partial charge < -0.3 is 20.6 Å². The van der Waals surface area contributed by atoms with Crippen molar-refractivity contribution in [1.82, 2.24) is 15.5 Å². The van der Waals surface area contributed by atoms with Crippen LogP contribution in [0.25, 0.3) is 0 Å². The van der Waals surface area contributed by atoms with E-state index in [0.29, 0.717) is 17.6 Å². The molecule has 0 aromatic heterocycles. The lowest BCUT2D eigenvalue weighted by atomic mass is 10.1. The predicted molar refractivity (Wildman–Crippen MR) is 127 cm³/mol. The molecule has 1 aromatic carbocycles. The van der Waals surface area contributed by atoms with Crippen LogP contribution in [-0.4, -0.2) is 54.7 Å². The van der Waals surface area contributed by atoms with Crippen molar-refractivity contribution in [2.24, 2.45) is 4.99 Å². The molecule has 0 saturated heterocycles.